The molecule has 1 aliphatic heterocycles. The summed E-state index contributed by atoms with van der Waals surface area (Å²) < 4.78 is 1.92. The molecule has 37 heavy (non-hydrogen) atoms. The molecule has 1 aliphatic carbocycles. The van der Waals surface area contributed by atoms with Crippen molar-refractivity contribution in [3.05, 3.63) is 70.9 Å². The molecule has 188 valence electrons. The van der Waals surface area contributed by atoms with E-state index in [1.807, 2.05) is 17.9 Å². The first kappa shape index (κ1) is 22.4. The summed E-state index contributed by atoms with van der Waals surface area (Å²) in [4.78, 5) is 16.0. The number of H-pyrrole nitrogens is 2. The molecule has 7 rings (SSSR count). The van der Waals surface area contributed by atoms with Gasteiger partial charge >= 0.3 is 0 Å². The van der Waals surface area contributed by atoms with Crippen LogP contribution in [0.25, 0.3) is 33.7 Å². The molecule has 2 aliphatic rings. The van der Waals surface area contributed by atoms with Crippen molar-refractivity contribution in [1.29, 1.82) is 0 Å². The van der Waals surface area contributed by atoms with Crippen molar-refractivity contribution in [2.75, 3.05) is 13.1 Å². The van der Waals surface area contributed by atoms with E-state index in [4.69, 9.17) is 15.1 Å². The summed E-state index contributed by atoms with van der Waals surface area (Å²) in [6.07, 6.45) is 6.25. The highest BCUT2D eigenvalue weighted by Crippen LogP contribution is 2.45. The normalized spacial score (nSPS) is 18.0. The standard InChI is InChI=1S/C29H32N8/c1-4-37-14-13-24-27(17(37)2)33-28(31-24)19-7-9-20(10-8-19)29-32-25(36(3)35-29)15-21-11-12-23-22(16-30-34-23)26(21)18-5-6-18/h7-12,16-18H,4-6,13-15H2,1-3H3,(H,30,34)(H,31,33). The second-order valence-electron chi connectivity index (χ2n) is 10.5. The van der Waals surface area contributed by atoms with Crippen LogP contribution in [-0.4, -0.2) is 52.9 Å². The molecule has 4 heterocycles. The number of rotatable bonds is 6. The Morgan fingerprint density at radius 3 is 2.62 bits per heavy atom. The number of hydrogen-bond donors (Lipinski definition) is 2. The monoisotopic (exact) mass is 492 g/mol. The number of nitrogens with zero attached hydrogens (tertiary/aromatic N) is 6. The maximum Gasteiger partial charge on any atom is 0.181 e. The lowest BCUT2D eigenvalue weighted by Crippen LogP contribution is -2.33. The van der Waals surface area contributed by atoms with Gasteiger partial charge in [0.05, 0.1) is 23.4 Å². The molecule has 1 atom stereocenters. The van der Waals surface area contributed by atoms with Crippen molar-refractivity contribution in [2.45, 2.75) is 51.5 Å². The lowest BCUT2D eigenvalue weighted by atomic mass is 9.97. The van der Waals surface area contributed by atoms with Gasteiger partial charge in [-0.2, -0.15) is 10.2 Å². The summed E-state index contributed by atoms with van der Waals surface area (Å²) in [5.41, 5.74) is 8.42. The molecule has 0 radical (unpaired) electrons. The van der Waals surface area contributed by atoms with Gasteiger partial charge in [-0.15, -0.1) is 0 Å². The Kier molecular flexibility index (Phi) is 5.25. The molecule has 0 amide bonds. The molecule has 0 spiro atoms. The Bertz CT molecular complexity index is 1580. The van der Waals surface area contributed by atoms with Gasteiger partial charge in [0, 0.05) is 48.6 Å². The summed E-state index contributed by atoms with van der Waals surface area (Å²) in [5, 5.41) is 13.4. The molecule has 1 saturated carbocycles. The van der Waals surface area contributed by atoms with E-state index in [0.717, 1.165) is 60.0 Å². The van der Waals surface area contributed by atoms with E-state index in [1.165, 1.54) is 40.7 Å². The maximum absolute atomic E-state index is 4.97. The van der Waals surface area contributed by atoms with Gasteiger partial charge in [-0.1, -0.05) is 37.3 Å². The van der Waals surface area contributed by atoms with E-state index in [9.17, 15) is 0 Å². The first-order valence-corrected chi connectivity index (χ1v) is 13.4. The molecule has 8 heteroatoms. The van der Waals surface area contributed by atoms with Crippen LogP contribution in [-0.2, 0) is 19.9 Å². The van der Waals surface area contributed by atoms with E-state index in [1.54, 1.807) is 0 Å². The Balaban J connectivity index is 1.15. The van der Waals surface area contributed by atoms with Crippen molar-refractivity contribution in [3.63, 3.8) is 0 Å². The van der Waals surface area contributed by atoms with Crippen LogP contribution < -0.4 is 0 Å². The molecule has 5 aromatic rings. The highest BCUT2D eigenvalue weighted by atomic mass is 15.3. The highest BCUT2D eigenvalue weighted by Gasteiger charge is 2.29. The minimum Gasteiger partial charge on any atom is -0.342 e. The first-order valence-electron chi connectivity index (χ1n) is 13.4. The fourth-order valence-electron chi connectivity index (χ4n) is 5.88. The van der Waals surface area contributed by atoms with E-state index >= 15 is 0 Å². The van der Waals surface area contributed by atoms with Gasteiger partial charge in [0.25, 0.3) is 0 Å². The molecule has 0 bridgehead atoms. The van der Waals surface area contributed by atoms with Crippen molar-refractivity contribution in [3.8, 4) is 22.8 Å². The molecule has 1 unspecified atom stereocenters. The van der Waals surface area contributed by atoms with Gasteiger partial charge in [-0.05, 0) is 49.4 Å². The quantitative estimate of drug-likeness (QED) is 0.342. The maximum atomic E-state index is 4.97. The highest BCUT2D eigenvalue weighted by molar-refractivity contribution is 5.84. The summed E-state index contributed by atoms with van der Waals surface area (Å²) in [6.45, 7) is 6.60. The van der Waals surface area contributed by atoms with E-state index in [-0.39, 0.29) is 0 Å². The predicted molar refractivity (Wildman–Crippen MR) is 144 cm³/mol. The van der Waals surface area contributed by atoms with Gasteiger partial charge in [0.15, 0.2) is 5.82 Å². The third-order valence-corrected chi connectivity index (χ3v) is 8.17. The number of aromatic nitrogens is 7. The Morgan fingerprint density at radius 2 is 1.84 bits per heavy atom. The van der Waals surface area contributed by atoms with E-state index in [0.29, 0.717) is 12.0 Å². The molecule has 0 saturated heterocycles. The van der Waals surface area contributed by atoms with Crippen molar-refractivity contribution in [1.82, 2.24) is 39.8 Å². The molecule has 2 N–H and O–H groups in total. The second-order valence-corrected chi connectivity index (χ2v) is 10.5. The lowest BCUT2D eigenvalue weighted by Gasteiger charge is -2.31. The zero-order valence-electron chi connectivity index (χ0n) is 21.6. The zero-order chi connectivity index (χ0) is 25.1. The van der Waals surface area contributed by atoms with Crippen LogP contribution in [0.1, 0.15) is 67.0 Å². The van der Waals surface area contributed by atoms with Crippen LogP contribution in [0.2, 0.25) is 0 Å². The number of aromatic amines is 2. The minimum absolute atomic E-state index is 0.351. The van der Waals surface area contributed by atoms with Crippen molar-refractivity contribution < 1.29 is 0 Å². The fourth-order valence-corrected chi connectivity index (χ4v) is 5.88. The topological polar surface area (TPSA) is 91.3 Å². The summed E-state index contributed by atoms with van der Waals surface area (Å²) in [6, 6.07) is 13.2. The Morgan fingerprint density at radius 1 is 1.03 bits per heavy atom. The molecule has 3 aromatic heterocycles. The van der Waals surface area contributed by atoms with Gasteiger partial charge in [0.1, 0.15) is 11.6 Å². The van der Waals surface area contributed by atoms with E-state index < -0.39 is 0 Å². The van der Waals surface area contributed by atoms with Gasteiger partial charge in [-0.25, -0.2) is 9.97 Å². The minimum atomic E-state index is 0.351. The Labute approximate surface area is 216 Å². The van der Waals surface area contributed by atoms with Crippen LogP contribution in [0.3, 0.4) is 0 Å². The number of benzene rings is 2. The van der Waals surface area contributed by atoms with Gasteiger partial charge < -0.3 is 4.98 Å². The molecule has 2 aromatic carbocycles. The number of aryl methyl sites for hydroxylation is 1. The van der Waals surface area contributed by atoms with Crippen molar-refractivity contribution >= 4 is 10.9 Å². The SMILES string of the molecule is CCN1CCc2[nH]c(-c3ccc(-c4nc(Cc5ccc6[nH]ncc6c5C5CC5)n(C)n4)cc3)nc2C1C. The van der Waals surface area contributed by atoms with Crippen LogP contribution in [0, 0.1) is 0 Å². The van der Waals surface area contributed by atoms with Gasteiger partial charge in [0.2, 0.25) is 0 Å². The molecule has 8 nitrogen and oxygen atoms in total. The third kappa shape index (κ3) is 3.87. The zero-order valence-corrected chi connectivity index (χ0v) is 21.6. The number of hydrogen-bond acceptors (Lipinski definition) is 5. The number of fused-ring (bicyclic) bond motifs is 2. The molecule has 1 fully saturated rings. The number of nitrogens with one attached hydrogen (secondary N) is 2. The lowest BCUT2D eigenvalue weighted by molar-refractivity contribution is 0.205. The second kappa shape index (κ2) is 8.66. The average Bonchev–Trinajstić information content (AvgIpc) is 3.30. The summed E-state index contributed by atoms with van der Waals surface area (Å²) in [7, 11) is 1.99. The van der Waals surface area contributed by atoms with Crippen LogP contribution in [0.5, 0.6) is 0 Å². The molecular formula is C29H32N8. The predicted octanol–water partition coefficient (Wildman–Crippen LogP) is 5.16. The summed E-state index contributed by atoms with van der Waals surface area (Å²) >= 11 is 0. The molecular weight excluding hydrogens is 460 g/mol. The smallest absolute Gasteiger partial charge is 0.181 e. The fraction of sp³-hybridized carbons (Fsp3) is 0.379. The number of imidazole rings is 1. The van der Waals surface area contributed by atoms with Crippen LogP contribution >= 0.6 is 0 Å². The van der Waals surface area contributed by atoms with Crippen LogP contribution in [0.4, 0.5) is 0 Å². The first-order chi connectivity index (χ1) is 18.1. The van der Waals surface area contributed by atoms with Gasteiger partial charge in [-0.3, -0.25) is 14.7 Å². The third-order valence-electron chi connectivity index (χ3n) is 8.17. The van der Waals surface area contributed by atoms with Crippen LogP contribution in [0.15, 0.2) is 42.6 Å². The average molecular weight is 493 g/mol. The number of likely N-dealkylation sites (N-methyl/N-ethyl adjacent to an activating group) is 1. The van der Waals surface area contributed by atoms with E-state index in [2.05, 4.69) is 70.3 Å². The summed E-state index contributed by atoms with van der Waals surface area (Å²) in [5.74, 6) is 3.31. The largest absolute Gasteiger partial charge is 0.342 e. The Hall–Kier alpha value is -3.78. The van der Waals surface area contributed by atoms with Crippen molar-refractivity contribution in [2.24, 2.45) is 7.05 Å².